The number of halogens is 1. The highest BCUT2D eigenvalue weighted by molar-refractivity contribution is 5.55. The first-order valence-electron chi connectivity index (χ1n) is 10.1. The summed E-state index contributed by atoms with van der Waals surface area (Å²) in [4.78, 5) is 15.5. The van der Waals surface area contributed by atoms with E-state index in [9.17, 15) is 4.39 Å². The van der Waals surface area contributed by atoms with Crippen LogP contribution in [0.15, 0.2) is 28.9 Å². The molecule has 1 unspecified atom stereocenters. The summed E-state index contributed by atoms with van der Waals surface area (Å²) in [5, 5.41) is 0. The fraction of sp³-hybridized carbons (Fsp3) is 0.409. The fourth-order valence-electron chi connectivity index (χ4n) is 3.76. The first kappa shape index (κ1) is 20.1. The molecule has 0 radical (unpaired) electrons. The molecule has 3 aromatic rings. The number of oxazole rings is 1. The molecule has 3 heterocycles. The summed E-state index contributed by atoms with van der Waals surface area (Å²) in [6.45, 7) is 8.99. The summed E-state index contributed by atoms with van der Waals surface area (Å²) in [7, 11) is 0. The third-order valence-corrected chi connectivity index (χ3v) is 5.24. The standard InChI is InChI=1S/C22H26FN5O2/c1-12(2)29-21-7-15(17(24)8-16(21)23)13(3)18-9-22(26-11-25-18)28-6-5-20-19(10-28)27-14(4)30-20/h7-9,11-13H,5-6,10,24H2,1-4H3. The van der Waals surface area contributed by atoms with Crippen LogP contribution in [0.4, 0.5) is 15.9 Å². The van der Waals surface area contributed by atoms with Crippen LogP contribution in [-0.2, 0) is 13.0 Å². The van der Waals surface area contributed by atoms with Crippen molar-refractivity contribution in [3.05, 3.63) is 58.9 Å². The number of anilines is 2. The van der Waals surface area contributed by atoms with Crippen LogP contribution < -0.4 is 15.4 Å². The highest BCUT2D eigenvalue weighted by Crippen LogP contribution is 2.34. The summed E-state index contributed by atoms with van der Waals surface area (Å²) in [5.41, 5.74) is 9.02. The minimum atomic E-state index is -0.465. The molecule has 0 spiro atoms. The number of fused-ring (bicyclic) bond motifs is 1. The molecule has 1 aromatic carbocycles. The number of hydrogen-bond donors (Lipinski definition) is 1. The topological polar surface area (TPSA) is 90.3 Å². The second-order valence-corrected chi connectivity index (χ2v) is 7.88. The van der Waals surface area contributed by atoms with Crippen LogP contribution in [0.2, 0.25) is 0 Å². The van der Waals surface area contributed by atoms with Gasteiger partial charge < -0.3 is 19.8 Å². The Morgan fingerprint density at radius 1 is 1.20 bits per heavy atom. The lowest BCUT2D eigenvalue weighted by molar-refractivity contribution is 0.231. The molecule has 1 atom stereocenters. The molecule has 1 aliphatic heterocycles. The minimum Gasteiger partial charge on any atom is -0.488 e. The van der Waals surface area contributed by atoms with Crippen molar-refractivity contribution >= 4 is 11.5 Å². The lowest BCUT2D eigenvalue weighted by atomic mass is 9.95. The Hall–Kier alpha value is -3.16. The van der Waals surface area contributed by atoms with Gasteiger partial charge in [-0.05, 0) is 25.5 Å². The van der Waals surface area contributed by atoms with Gasteiger partial charge in [-0.25, -0.2) is 19.3 Å². The van der Waals surface area contributed by atoms with Crippen LogP contribution in [0.5, 0.6) is 5.75 Å². The van der Waals surface area contributed by atoms with Crippen molar-refractivity contribution in [1.82, 2.24) is 15.0 Å². The van der Waals surface area contributed by atoms with E-state index in [1.54, 1.807) is 12.4 Å². The first-order chi connectivity index (χ1) is 14.3. The van der Waals surface area contributed by atoms with Crippen LogP contribution in [0.25, 0.3) is 0 Å². The molecular weight excluding hydrogens is 385 g/mol. The van der Waals surface area contributed by atoms with E-state index in [-0.39, 0.29) is 17.8 Å². The van der Waals surface area contributed by atoms with Gasteiger partial charge in [-0.2, -0.15) is 0 Å². The van der Waals surface area contributed by atoms with Crippen molar-refractivity contribution in [3.63, 3.8) is 0 Å². The molecule has 0 amide bonds. The molecule has 8 heteroatoms. The Kier molecular flexibility index (Phi) is 5.32. The zero-order chi connectivity index (χ0) is 21.4. The molecule has 1 aliphatic rings. The van der Waals surface area contributed by atoms with E-state index in [0.717, 1.165) is 41.5 Å². The lowest BCUT2D eigenvalue weighted by Gasteiger charge is -2.27. The summed E-state index contributed by atoms with van der Waals surface area (Å²) in [6.07, 6.45) is 2.20. The van der Waals surface area contributed by atoms with E-state index in [1.807, 2.05) is 33.8 Å². The number of benzene rings is 1. The van der Waals surface area contributed by atoms with Crippen molar-refractivity contribution in [2.24, 2.45) is 0 Å². The second-order valence-electron chi connectivity index (χ2n) is 7.88. The normalized spacial score (nSPS) is 14.7. The Morgan fingerprint density at radius 3 is 2.77 bits per heavy atom. The van der Waals surface area contributed by atoms with Crippen LogP contribution in [-0.4, -0.2) is 27.6 Å². The van der Waals surface area contributed by atoms with Crippen LogP contribution in [0.1, 0.15) is 55.3 Å². The van der Waals surface area contributed by atoms with Gasteiger partial charge in [0.15, 0.2) is 17.5 Å². The Bertz CT molecular complexity index is 1070. The molecule has 0 saturated carbocycles. The number of nitrogens with two attached hydrogens (primary N) is 1. The Morgan fingerprint density at radius 2 is 2.00 bits per heavy atom. The predicted octanol–water partition coefficient (Wildman–Crippen LogP) is 4.00. The van der Waals surface area contributed by atoms with Crippen LogP contribution >= 0.6 is 0 Å². The maximum absolute atomic E-state index is 14.2. The quantitative estimate of drug-likeness (QED) is 0.635. The molecule has 4 rings (SSSR count). The summed E-state index contributed by atoms with van der Waals surface area (Å²) in [5.74, 6) is 2.02. The van der Waals surface area contributed by atoms with Gasteiger partial charge in [-0.3, -0.25) is 0 Å². The molecule has 0 aliphatic carbocycles. The van der Waals surface area contributed by atoms with Gasteiger partial charge in [0.2, 0.25) is 0 Å². The third-order valence-electron chi connectivity index (χ3n) is 5.24. The van der Waals surface area contributed by atoms with Crippen molar-refractivity contribution in [2.45, 2.75) is 52.7 Å². The van der Waals surface area contributed by atoms with Gasteiger partial charge in [0.05, 0.1) is 18.3 Å². The van der Waals surface area contributed by atoms with Crippen LogP contribution in [0.3, 0.4) is 0 Å². The Labute approximate surface area is 175 Å². The summed E-state index contributed by atoms with van der Waals surface area (Å²) < 4.78 is 25.5. The molecule has 0 saturated heterocycles. The zero-order valence-corrected chi connectivity index (χ0v) is 17.6. The van der Waals surface area contributed by atoms with Crippen LogP contribution in [0, 0.1) is 12.7 Å². The van der Waals surface area contributed by atoms with Gasteiger partial charge in [0.1, 0.15) is 23.6 Å². The fourth-order valence-corrected chi connectivity index (χ4v) is 3.76. The number of hydrogen-bond acceptors (Lipinski definition) is 7. The van der Waals surface area contributed by atoms with E-state index in [0.29, 0.717) is 18.1 Å². The first-order valence-corrected chi connectivity index (χ1v) is 10.1. The number of rotatable bonds is 5. The largest absolute Gasteiger partial charge is 0.488 e. The Balaban J connectivity index is 1.61. The third kappa shape index (κ3) is 3.94. The molecule has 0 fully saturated rings. The summed E-state index contributed by atoms with van der Waals surface area (Å²) >= 11 is 0. The number of nitrogen functional groups attached to an aromatic ring is 1. The van der Waals surface area contributed by atoms with E-state index in [4.69, 9.17) is 14.9 Å². The number of aryl methyl sites for hydroxylation is 1. The van der Waals surface area contributed by atoms with E-state index in [2.05, 4.69) is 19.9 Å². The number of nitrogens with zero attached hydrogens (tertiary/aromatic N) is 4. The lowest BCUT2D eigenvalue weighted by Crippen LogP contribution is -2.31. The van der Waals surface area contributed by atoms with E-state index < -0.39 is 5.82 Å². The zero-order valence-electron chi connectivity index (χ0n) is 17.6. The van der Waals surface area contributed by atoms with Crippen molar-refractivity contribution < 1.29 is 13.5 Å². The summed E-state index contributed by atoms with van der Waals surface area (Å²) in [6, 6.07) is 4.93. The SMILES string of the molecule is Cc1nc2c(o1)CCN(c1cc(C(C)c3cc(OC(C)C)c(F)cc3N)ncn1)C2. The van der Waals surface area contributed by atoms with Gasteiger partial charge in [-0.1, -0.05) is 6.92 Å². The molecule has 2 N–H and O–H groups in total. The molecule has 7 nitrogen and oxygen atoms in total. The van der Waals surface area contributed by atoms with Gasteiger partial charge >= 0.3 is 0 Å². The maximum Gasteiger partial charge on any atom is 0.191 e. The molecule has 30 heavy (non-hydrogen) atoms. The highest BCUT2D eigenvalue weighted by atomic mass is 19.1. The highest BCUT2D eigenvalue weighted by Gasteiger charge is 2.24. The second kappa shape index (κ2) is 7.93. The number of ether oxygens (including phenoxy) is 1. The monoisotopic (exact) mass is 411 g/mol. The van der Waals surface area contributed by atoms with E-state index in [1.165, 1.54) is 6.07 Å². The van der Waals surface area contributed by atoms with Gasteiger partial charge in [0.25, 0.3) is 0 Å². The van der Waals surface area contributed by atoms with Crippen molar-refractivity contribution in [2.75, 3.05) is 17.2 Å². The maximum atomic E-state index is 14.2. The predicted molar refractivity (Wildman–Crippen MR) is 112 cm³/mol. The number of aromatic nitrogens is 3. The average Bonchev–Trinajstić information content (AvgIpc) is 3.08. The minimum absolute atomic E-state index is 0.138. The van der Waals surface area contributed by atoms with Crippen molar-refractivity contribution in [3.8, 4) is 5.75 Å². The smallest absolute Gasteiger partial charge is 0.191 e. The molecule has 0 bridgehead atoms. The van der Waals surface area contributed by atoms with Gasteiger partial charge in [-0.15, -0.1) is 0 Å². The van der Waals surface area contributed by atoms with Crippen molar-refractivity contribution in [1.29, 1.82) is 0 Å². The molecular formula is C22H26FN5O2. The van der Waals surface area contributed by atoms with E-state index >= 15 is 0 Å². The van der Waals surface area contributed by atoms with Gasteiger partial charge in [0, 0.05) is 43.6 Å². The average molecular weight is 411 g/mol. The molecule has 158 valence electrons. The molecule has 2 aromatic heterocycles.